The lowest BCUT2D eigenvalue weighted by molar-refractivity contribution is -0.148. The monoisotopic (exact) mass is 596 g/mol. The van der Waals surface area contributed by atoms with E-state index in [1.165, 1.54) is 21.9 Å². The van der Waals surface area contributed by atoms with Crippen molar-refractivity contribution < 1.29 is 31.1 Å². The molecule has 1 aromatic carbocycles. The van der Waals surface area contributed by atoms with Gasteiger partial charge in [-0.2, -0.15) is 36.6 Å². The molecule has 0 radical (unpaired) electrons. The van der Waals surface area contributed by atoms with Crippen LogP contribution in [0.1, 0.15) is 41.9 Å². The van der Waals surface area contributed by atoms with Gasteiger partial charge in [-0.3, -0.25) is 18.8 Å². The van der Waals surface area contributed by atoms with E-state index in [2.05, 4.69) is 10.2 Å². The minimum atomic E-state index is -4.74. The molecule has 0 aliphatic carbocycles. The number of imidazole rings is 1. The first kappa shape index (κ1) is 28.9. The summed E-state index contributed by atoms with van der Waals surface area (Å²) in [4.78, 5) is 16.9. The van der Waals surface area contributed by atoms with Crippen molar-refractivity contribution >= 4 is 5.52 Å². The van der Waals surface area contributed by atoms with Crippen molar-refractivity contribution in [3.05, 3.63) is 69.9 Å². The second-order valence-electron chi connectivity index (χ2n) is 11.6. The van der Waals surface area contributed by atoms with Crippen LogP contribution in [0.25, 0.3) is 11.2 Å². The van der Waals surface area contributed by atoms with E-state index in [0.29, 0.717) is 32.0 Å². The Balaban J connectivity index is 1.34. The Morgan fingerprint density at radius 3 is 2.38 bits per heavy atom. The number of rotatable bonds is 6. The van der Waals surface area contributed by atoms with Gasteiger partial charge in [0.05, 0.1) is 36.5 Å². The zero-order valence-electron chi connectivity index (χ0n) is 22.8. The van der Waals surface area contributed by atoms with Crippen molar-refractivity contribution in [2.24, 2.45) is 10.2 Å². The first-order chi connectivity index (χ1) is 19.8. The second-order valence-corrected chi connectivity index (χ2v) is 11.6. The average molecular weight is 597 g/mol. The van der Waals surface area contributed by atoms with E-state index in [9.17, 15) is 31.1 Å². The molecule has 0 N–H and O–H groups in total. The maximum absolute atomic E-state index is 14.3. The molecule has 6 rings (SSSR count). The predicted octanol–water partition coefficient (Wildman–Crippen LogP) is 5.19. The van der Waals surface area contributed by atoms with Crippen LogP contribution in [0.3, 0.4) is 0 Å². The van der Waals surface area contributed by atoms with E-state index in [1.54, 1.807) is 18.2 Å². The maximum atomic E-state index is 14.3. The van der Waals surface area contributed by atoms with Crippen LogP contribution in [0.4, 0.5) is 26.3 Å². The number of fused-ring (bicyclic) bond motifs is 1. The summed E-state index contributed by atoms with van der Waals surface area (Å²) < 4.78 is 89.0. The number of alkyl halides is 6. The summed E-state index contributed by atoms with van der Waals surface area (Å²) in [5.41, 5.74) is -0.668. The van der Waals surface area contributed by atoms with Crippen molar-refractivity contribution in [2.45, 2.75) is 49.1 Å². The Labute approximate surface area is 237 Å². The minimum Gasteiger partial charge on any atom is -0.379 e. The normalized spacial score (nSPS) is 22.2. The lowest BCUT2D eigenvalue weighted by Gasteiger charge is -2.43. The molecule has 42 heavy (non-hydrogen) atoms. The number of azo groups is 1. The third kappa shape index (κ3) is 5.47. The van der Waals surface area contributed by atoms with Crippen LogP contribution in [-0.2, 0) is 16.3 Å². The van der Waals surface area contributed by atoms with Crippen molar-refractivity contribution in [2.75, 3.05) is 46.6 Å². The van der Waals surface area contributed by atoms with Crippen LogP contribution in [0, 0.1) is 0 Å². The number of hydrogen-bond donors (Lipinski definition) is 0. The number of hydrogen-bond acceptors (Lipinski definition) is 6. The van der Waals surface area contributed by atoms with E-state index in [1.807, 2.05) is 18.0 Å². The summed E-state index contributed by atoms with van der Waals surface area (Å²) in [6.07, 6.45) is -5.44. The van der Waals surface area contributed by atoms with Crippen LogP contribution in [0.15, 0.2) is 57.7 Å². The van der Waals surface area contributed by atoms with E-state index < -0.39 is 36.1 Å². The molecule has 2 fully saturated rings. The third-order valence-electron chi connectivity index (χ3n) is 8.63. The number of pyridine rings is 1. The highest BCUT2D eigenvalue weighted by atomic mass is 19.4. The zero-order valence-corrected chi connectivity index (χ0v) is 22.8. The number of ether oxygens (including phenoxy) is 1. The van der Waals surface area contributed by atoms with Crippen molar-refractivity contribution in [3.8, 4) is 5.69 Å². The molecule has 14 heteroatoms. The highest BCUT2D eigenvalue weighted by Gasteiger charge is 2.44. The maximum Gasteiger partial charge on any atom is 0.418 e. The fraction of sp³-hybridized carbons (Fsp3) is 0.536. The Bertz CT molecular complexity index is 1550. The average Bonchev–Trinajstić information content (AvgIpc) is 3.46. The second kappa shape index (κ2) is 10.5. The quantitative estimate of drug-likeness (QED) is 0.368. The lowest BCUT2D eigenvalue weighted by atomic mass is 9.74. The summed E-state index contributed by atoms with van der Waals surface area (Å²) in [5, 5.41) is 8.40. The van der Waals surface area contributed by atoms with Gasteiger partial charge in [-0.1, -0.05) is 12.1 Å². The summed E-state index contributed by atoms with van der Waals surface area (Å²) in [5.74, 6) is -0.400. The molecule has 2 aromatic heterocycles. The predicted molar refractivity (Wildman–Crippen MR) is 141 cm³/mol. The van der Waals surface area contributed by atoms with E-state index in [-0.39, 0.29) is 48.6 Å². The Morgan fingerprint density at radius 2 is 1.79 bits per heavy atom. The SMILES string of the molecule is CN1CN=NC1CC1(c2cccc(-n3cc4c(C(F)(F)F)cc(C5CCN(CC(F)(F)F)CC5)cn4c3=O)c2)COC1. The van der Waals surface area contributed by atoms with Crippen LogP contribution < -0.4 is 5.69 Å². The molecular formula is C28H30F6N6O2. The molecule has 2 saturated heterocycles. The summed E-state index contributed by atoms with van der Waals surface area (Å²) in [7, 11) is 1.93. The van der Waals surface area contributed by atoms with Crippen LogP contribution in [-0.4, -0.2) is 77.7 Å². The minimum absolute atomic E-state index is 0.107. The molecule has 3 aliphatic heterocycles. The van der Waals surface area contributed by atoms with Crippen molar-refractivity contribution in [1.29, 1.82) is 0 Å². The van der Waals surface area contributed by atoms with Crippen LogP contribution >= 0.6 is 0 Å². The van der Waals surface area contributed by atoms with Gasteiger partial charge in [0.15, 0.2) is 0 Å². The summed E-state index contributed by atoms with van der Waals surface area (Å²) in [6, 6.07) is 8.20. The van der Waals surface area contributed by atoms with E-state index in [0.717, 1.165) is 16.0 Å². The van der Waals surface area contributed by atoms with E-state index in [4.69, 9.17) is 4.74 Å². The van der Waals surface area contributed by atoms with E-state index >= 15 is 0 Å². The smallest absolute Gasteiger partial charge is 0.379 e. The van der Waals surface area contributed by atoms with Gasteiger partial charge >= 0.3 is 18.0 Å². The van der Waals surface area contributed by atoms with Gasteiger partial charge in [0, 0.05) is 17.8 Å². The third-order valence-corrected chi connectivity index (χ3v) is 8.63. The van der Waals surface area contributed by atoms with Gasteiger partial charge in [0.25, 0.3) is 0 Å². The molecule has 8 nitrogen and oxygen atoms in total. The molecule has 3 aromatic rings. The molecule has 226 valence electrons. The van der Waals surface area contributed by atoms with Crippen LogP contribution in [0.2, 0.25) is 0 Å². The number of nitrogens with zero attached hydrogens (tertiary/aromatic N) is 6. The van der Waals surface area contributed by atoms with Gasteiger partial charge in [-0.05, 0) is 74.6 Å². The first-order valence-electron chi connectivity index (χ1n) is 13.7. The summed E-state index contributed by atoms with van der Waals surface area (Å²) in [6.45, 7) is 0.567. The van der Waals surface area contributed by atoms with Crippen LogP contribution in [0.5, 0.6) is 0 Å². The zero-order chi connectivity index (χ0) is 29.9. The lowest BCUT2D eigenvalue weighted by Crippen LogP contribution is -2.50. The highest BCUT2D eigenvalue weighted by molar-refractivity contribution is 5.58. The largest absolute Gasteiger partial charge is 0.418 e. The number of likely N-dealkylation sites (tertiary alicyclic amines) is 1. The molecule has 1 unspecified atom stereocenters. The molecule has 0 spiro atoms. The fourth-order valence-corrected chi connectivity index (χ4v) is 6.22. The first-order valence-corrected chi connectivity index (χ1v) is 13.7. The molecule has 3 aliphatic rings. The molecule has 1 atom stereocenters. The number of aromatic nitrogens is 2. The molecule has 0 saturated carbocycles. The Hall–Kier alpha value is -3.23. The highest BCUT2D eigenvalue weighted by Crippen LogP contribution is 2.40. The van der Waals surface area contributed by atoms with Gasteiger partial charge in [-0.15, -0.1) is 0 Å². The molecule has 0 bridgehead atoms. The molecule has 0 amide bonds. The molecule has 5 heterocycles. The van der Waals surface area contributed by atoms with Gasteiger partial charge in [0.1, 0.15) is 12.8 Å². The number of benzene rings is 1. The van der Waals surface area contributed by atoms with Gasteiger partial charge in [-0.25, -0.2) is 4.79 Å². The topological polar surface area (TPSA) is 66.8 Å². The van der Waals surface area contributed by atoms with Crippen molar-refractivity contribution in [3.63, 3.8) is 0 Å². The standard InChI is InChI=1S/C28H30F6N6O2/c1-37-17-35-36-24(37)11-26(15-42-16-26)20-3-2-4-21(10-20)39-13-23-22(28(32,33)34)9-19(12-40(23)25(39)41)18-5-7-38(8-6-18)14-27(29,30)31/h2-4,9-10,12-13,18,24H,5-8,11,14-17H2,1H3. The number of halogens is 6. The Kier molecular flexibility index (Phi) is 7.21. The van der Waals surface area contributed by atoms with Crippen molar-refractivity contribution in [1.82, 2.24) is 18.8 Å². The summed E-state index contributed by atoms with van der Waals surface area (Å²) >= 11 is 0. The Morgan fingerprint density at radius 1 is 1.05 bits per heavy atom. The molecular weight excluding hydrogens is 566 g/mol. The van der Waals surface area contributed by atoms with Gasteiger partial charge < -0.3 is 4.74 Å². The van der Waals surface area contributed by atoms with Gasteiger partial charge in [0.2, 0.25) is 0 Å². The fourth-order valence-electron chi connectivity index (χ4n) is 6.22. The number of piperidine rings is 1.